The summed E-state index contributed by atoms with van der Waals surface area (Å²) in [4.78, 5) is 9.81. The molecule has 0 aliphatic rings. The highest BCUT2D eigenvalue weighted by Crippen LogP contribution is 2.22. The van der Waals surface area contributed by atoms with E-state index in [0.29, 0.717) is 0 Å². The van der Waals surface area contributed by atoms with Crippen molar-refractivity contribution in [3.8, 4) is 0 Å². The van der Waals surface area contributed by atoms with Crippen molar-refractivity contribution in [1.29, 1.82) is 0 Å². The molecule has 1 aromatic heterocycles. The molecule has 0 saturated heterocycles. The third-order valence-electron chi connectivity index (χ3n) is 2.70. The van der Waals surface area contributed by atoms with Crippen molar-refractivity contribution in [3.63, 3.8) is 0 Å². The molecule has 2 aromatic rings. The van der Waals surface area contributed by atoms with Crippen molar-refractivity contribution < 1.29 is 40.7 Å². The number of carboxylic acids is 1. The van der Waals surface area contributed by atoms with Crippen LogP contribution in [0.5, 0.6) is 0 Å². The maximum Gasteiger partial charge on any atom is 0.430 e. The Bertz CT molecular complexity index is 856. The molecule has 0 unspecified atom stereocenters. The van der Waals surface area contributed by atoms with Crippen LogP contribution in [0.3, 0.4) is 0 Å². The molecule has 1 N–H and O–H groups in total. The molecular weight excluding hydrogens is 385 g/mol. The number of alkyl halides is 3. The molecule has 0 atom stereocenters. The number of halogens is 3. The lowest BCUT2D eigenvalue weighted by molar-refractivity contribution is -0.749. The summed E-state index contributed by atoms with van der Waals surface area (Å²) >= 11 is 1.57. The first-order valence-corrected chi connectivity index (χ1v) is 9.34. The van der Waals surface area contributed by atoms with Crippen LogP contribution in [0.15, 0.2) is 35.4 Å². The smallest absolute Gasteiger partial charge is 0.430 e. The zero-order valence-electron chi connectivity index (χ0n) is 12.7. The summed E-state index contributed by atoms with van der Waals surface area (Å²) in [6.07, 6.45) is -1.45. The molecule has 0 fully saturated rings. The molecule has 0 saturated carbocycles. The van der Waals surface area contributed by atoms with Crippen LogP contribution in [0.1, 0.15) is 0 Å². The number of carbonyl (C=O) groups excluding carboxylic acids is 1. The Morgan fingerprint density at radius 1 is 1.36 bits per heavy atom. The van der Waals surface area contributed by atoms with Crippen molar-refractivity contribution in [2.45, 2.75) is 17.6 Å². The molecule has 2 rings (SSSR count). The molecular formula is C13H13F3N2O5S2. The van der Waals surface area contributed by atoms with Crippen LogP contribution in [0.2, 0.25) is 0 Å². The molecule has 0 spiro atoms. The van der Waals surface area contributed by atoms with Gasteiger partial charge in [-0.2, -0.15) is 21.6 Å². The molecule has 138 valence electrons. The Morgan fingerprint density at radius 3 is 2.40 bits per heavy atom. The Morgan fingerprint density at radius 2 is 1.92 bits per heavy atom. The van der Waals surface area contributed by atoms with Gasteiger partial charge in [-0.05, 0) is 12.3 Å². The van der Waals surface area contributed by atoms with Crippen LogP contribution in [-0.4, -0.2) is 42.2 Å². The van der Waals surface area contributed by atoms with E-state index in [1.54, 1.807) is 22.6 Å². The first-order chi connectivity index (χ1) is 11.4. The maximum atomic E-state index is 10.7. The number of aryl methyl sites for hydroxylation is 1. The standard InChI is InChI=1S/C11H12N2O3S2.C2HF3O2/c1-17-11-8-13(6-7-18(14,15)16)12-10-5-3-2-4-9(10)11;3-2(4,5)1(6)7/h2-5,8H,6-7H2,1H3;(H,6,7). The van der Waals surface area contributed by atoms with Gasteiger partial charge in [0.25, 0.3) is 10.1 Å². The first-order valence-electron chi connectivity index (χ1n) is 6.51. The fourth-order valence-corrected chi connectivity index (χ4v) is 2.66. The molecule has 12 heteroatoms. The van der Waals surface area contributed by atoms with Crippen LogP contribution in [0, 0.1) is 0 Å². The normalized spacial score (nSPS) is 11.7. The fraction of sp³-hybridized carbons (Fsp3) is 0.308. The summed E-state index contributed by atoms with van der Waals surface area (Å²) in [5.74, 6) is -3.34. The van der Waals surface area contributed by atoms with Crippen molar-refractivity contribution in [3.05, 3.63) is 30.5 Å². The van der Waals surface area contributed by atoms with Gasteiger partial charge in [0.2, 0.25) is 6.20 Å². The van der Waals surface area contributed by atoms with Gasteiger partial charge in [0.05, 0.1) is 4.90 Å². The Labute approximate surface area is 145 Å². The summed E-state index contributed by atoms with van der Waals surface area (Å²) in [5.41, 5.74) is 0.805. The number of fused-ring (bicyclic) bond motifs is 1. The number of thioether (sulfide) groups is 1. The minimum Gasteiger partial charge on any atom is -0.542 e. The molecule has 25 heavy (non-hydrogen) atoms. The summed E-state index contributed by atoms with van der Waals surface area (Å²) in [7, 11) is -3.96. The van der Waals surface area contributed by atoms with E-state index in [2.05, 4.69) is 5.10 Å². The van der Waals surface area contributed by atoms with Crippen molar-refractivity contribution in [2.75, 3.05) is 12.0 Å². The van der Waals surface area contributed by atoms with Gasteiger partial charge in [-0.15, -0.1) is 11.8 Å². The van der Waals surface area contributed by atoms with Crippen LogP contribution in [-0.2, 0) is 21.5 Å². The van der Waals surface area contributed by atoms with Crippen LogP contribution < -0.4 is 9.79 Å². The number of carboxylic acid groups (broad SMARTS) is 1. The van der Waals surface area contributed by atoms with E-state index < -0.39 is 22.3 Å². The molecule has 0 aliphatic carbocycles. The third-order valence-corrected chi connectivity index (χ3v) is 4.17. The zero-order chi connectivity index (χ0) is 19.3. The van der Waals surface area contributed by atoms with E-state index in [1.165, 1.54) is 0 Å². The van der Waals surface area contributed by atoms with E-state index in [1.807, 2.05) is 30.5 Å². The Balaban J connectivity index is 0.000000381. The highest BCUT2D eigenvalue weighted by molar-refractivity contribution is 7.98. The predicted molar refractivity (Wildman–Crippen MR) is 81.2 cm³/mol. The van der Waals surface area contributed by atoms with E-state index in [-0.39, 0.29) is 12.3 Å². The number of rotatable bonds is 4. The average Bonchev–Trinajstić information content (AvgIpc) is 2.51. The largest absolute Gasteiger partial charge is 0.542 e. The number of hydrogen-bond donors (Lipinski definition) is 1. The lowest BCUT2D eigenvalue weighted by atomic mass is 10.2. The molecule has 0 bridgehead atoms. The van der Waals surface area contributed by atoms with E-state index in [9.17, 15) is 21.6 Å². The quantitative estimate of drug-likeness (QED) is 0.452. The molecule has 0 aliphatic heterocycles. The van der Waals surface area contributed by atoms with Crippen molar-refractivity contribution >= 4 is 38.8 Å². The van der Waals surface area contributed by atoms with E-state index in [4.69, 9.17) is 14.5 Å². The van der Waals surface area contributed by atoms with Gasteiger partial charge in [-0.25, -0.2) is 0 Å². The van der Waals surface area contributed by atoms with Gasteiger partial charge >= 0.3 is 6.18 Å². The minimum atomic E-state index is -5.19. The summed E-state index contributed by atoms with van der Waals surface area (Å²) < 4.78 is 63.3. The van der Waals surface area contributed by atoms with Gasteiger partial charge < -0.3 is 9.90 Å². The van der Waals surface area contributed by atoms with Gasteiger partial charge in [-0.3, -0.25) is 4.55 Å². The van der Waals surface area contributed by atoms with Gasteiger partial charge in [0, 0.05) is 10.5 Å². The number of benzene rings is 1. The Kier molecular flexibility index (Phi) is 7.14. The van der Waals surface area contributed by atoms with Crippen molar-refractivity contribution in [2.24, 2.45) is 0 Å². The third kappa shape index (κ3) is 7.23. The fourth-order valence-electron chi connectivity index (χ4n) is 1.63. The monoisotopic (exact) mass is 398 g/mol. The topological polar surface area (TPSA) is 111 Å². The summed E-state index contributed by atoms with van der Waals surface area (Å²) in [6.45, 7) is 0.136. The molecule has 1 aromatic carbocycles. The summed E-state index contributed by atoms with van der Waals surface area (Å²) in [6, 6.07) is 7.67. The highest BCUT2D eigenvalue weighted by Gasteiger charge is 2.28. The van der Waals surface area contributed by atoms with Crippen molar-refractivity contribution in [1.82, 2.24) is 5.10 Å². The van der Waals surface area contributed by atoms with Crippen LogP contribution >= 0.6 is 11.8 Å². The van der Waals surface area contributed by atoms with E-state index >= 15 is 0 Å². The second-order valence-electron chi connectivity index (χ2n) is 4.55. The average molecular weight is 398 g/mol. The lowest BCUT2D eigenvalue weighted by Crippen LogP contribution is -2.40. The van der Waals surface area contributed by atoms with Gasteiger partial charge in [-0.1, -0.05) is 22.9 Å². The zero-order valence-corrected chi connectivity index (χ0v) is 14.4. The SMILES string of the molecule is CSc1c[n+](CCS(=O)(=O)O)nc2ccccc12.O=C([O-])C(F)(F)F. The second-order valence-corrected chi connectivity index (χ2v) is 6.97. The molecule has 1 heterocycles. The number of carbonyl (C=O) groups is 1. The van der Waals surface area contributed by atoms with E-state index in [0.717, 1.165) is 15.8 Å². The van der Waals surface area contributed by atoms with Gasteiger partial charge in [0.15, 0.2) is 6.54 Å². The Hall–Kier alpha value is -1.92. The van der Waals surface area contributed by atoms with Crippen LogP contribution in [0.4, 0.5) is 13.2 Å². The van der Waals surface area contributed by atoms with Gasteiger partial charge in [0.1, 0.15) is 17.2 Å². The number of aromatic nitrogens is 2. The predicted octanol–water partition coefficient (Wildman–Crippen LogP) is 0.431. The number of hydrogen-bond acceptors (Lipinski definition) is 6. The molecule has 0 radical (unpaired) electrons. The lowest BCUT2D eigenvalue weighted by Gasteiger charge is -2.03. The van der Waals surface area contributed by atoms with Crippen LogP contribution in [0.25, 0.3) is 10.9 Å². The highest BCUT2D eigenvalue weighted by atomic mass is 32.2. The maximum absolute atomic E-state index is 10.7. The number of nitrogens with zero attached hydrogens (tertiary/aromatic N) is 2. The second kappa shape index (κ2) is 8.45. The number of aliphatic carboxylic acids is 1. The molecule has 0 amide bonds. The first kappa shape index (κ1) is 21.1. The molecule has 7 nitrogen and oxygen atoms in total. The minimum absolute atomic E-state index is 0.136. The summed E-state index contributed by atoms with van der Waals surface area (Å²) in [5, 5.41) is 14.1.